The lowest BCUT2D eigenvalue weighted by atomic mass is 10.2. The Morgan fingerprint density at radius 1 is 1.39 bits per heavy atom. The van der Waals surface area contributed by atoms with E-state index in [0.717, 1.165) is 16.9 Å². The van der Waals surface area contributed by atoms with E-state index in [1.165, 1.54) is 6.08 Å². The molecule has 0 aliphatic carbocycles. The lowest BCUT2D eigenvalue weighted by Gasteiger charge is -2.02. The van der Waals surface area contributed by atoms with Crippen LogP contribution >= 0.6 is 0 Å². The summed E-state index contributed by atoms with van der Waals surface area (Å²) in [7, 11) is 0. The predicted octanol–water partition coefficient (Wildman–Crippen LogP) is 2.79. The Hall–Kier alpha value is -2.03. The van der Waals surface area contributed by atoms with Gasteiger partial charge in [-0.25, -0.2) is 0 Å². The van der Waals surface area contributed by atoms with Gasteiger partial charge in [0.25, 0.3) is 0 Å². The second-order valence-electron chi connectivity index (χ2n) is 4.01. The minimum atomic E-state index is -0.119. The third kappa shape index (κ3) is 5.34. The normalized spacial score (nSPS) is 10.3. The number of carbonyl (C=O) groups is 1. The van der Waals surface area contributed by atoms with Crippen molar-refractivity contribution in [3.05, 3.63) is 48.1 Å². The van der Waals surface area contributed by atoms with Gasteiger partial charge in [0.05, 0.1) is 6.61 Å². The van der Waals surface area contributed by atoms with Gasteiger partial charge in [0, 0.05) is 12.6 Å². The van der Waals surface area contributed by atoms with Crippen molar-refractivity contribution >= 4 is 12.0 Å². The van der Waals surface area contributed by atoms with Gasteiger partial charge in [-0.05, 0) is 37.6 Å². The van der Waals surface area contributed by atoms with E-state index >= 15 is 0 Å². The summed E-state index contributed by atoms with van der Waals surface area (Å²) in [6.07, 6.45) is 3.28. The molecule has 1 aromatic rings. The Kier molecular flexibility index (Phi) is 5.71. The van der Waals surface area contributed by atoms with Gasteiger partial charge in [-0.1, -0.05) is 24.3 Å². The number of hydrogen-bond donors (Lipinski definition) is 1. The van der Waals surface area contributed by atoms with Gasteiger partial charge in [-0.2, -0.15) is 0 Å². The van der Waals surface area contributed by atoms with Crippen LogP contribution in [0.3, 0.4) is 0 Å². The van der Waals surface area contributed by atoms with Gasteiger partial charge < -0.3 is 10.1 Å². The van der Waals surface area contributed by atoms with Crippen LogP contribution < -0.4 is 10.1 Å². The molecule has 1 aromatic carbocycles. The number of amides is 1. The molecule has 0 heterocycles. The molecule has 0 spiro atoms. The zero-order chi connectivity index (χ0) is 13.4. The molecule has 3 nitrogen and oxygen atoms in total. The highest BCUT2D eigenvalue weighted by molar-refractivity contribution is 5.91. The van der Waals surface area contributed by atoms with Gasteiger partial charge in [0.1, 0.15) is 5.75 Å². The molecule has 0 bridgehead atoms. The van der Waals surface area contributed by atoms with Crippen molar-refractivity contribution in [2.24, 2.45) is 0 Å². The van der Waals surface area contributed by atoms with E-state index in [1.54, 1.807) is 6.08 Å². The van der Waals surface area contributed by atoms with E-state index in [2.05, 4.69) is 11.9 Å². The molecule has 0 atom stereocenters. The second kappa shape index (κ2) is 7.33. The third-order valence-corrected chi connectivity index (χ3v) is 2.18. The van der Waals surface area contributed by atoms with E-state index in [1.807, 2.05) is 38.1 Å². The molecule has 96 valence electrons. The number of ether oxygens (including phenoxy) is 1. The number of rotatable bonds is 6. The smallest absolute Gasteiger partial charge is 0.244 e. The Balaban J connectivity index is 2.50. The van der Waals surface area contributed by atoms with Crippen molar-refractivity contribution in [2.45, 2.75) is 13.8 Å². The first-order chi connectivity index (χ1) is 8.61. The van der Waals surface area contributed by atoms with Gasteiger partial charge in [0.15, 0.2) is 0 Å². The fraction of sp³-hybridized carbons (Fsp3) is 0.267. The summed E-state index contributed by atoms with van der Waals surface area (Å²) in [6, 6.07) is 7.59. The highest BCUT2D eigenvalue weighted by Gasteiger charge is 1.95. The van der Waals surface area contributed by atoms with Crippen molar-refractivity contribution < 1.29 is 9.53 Å². The van der Waals surface area contributed by atoms with Crippen LogP contribution in [-0.2, 0) is 4.79 Å². The largest absolute Gasteiger partial charge is 0.494 e. The van der Waals surface area contributed by atoms with Crippen LogP contribution in [0.5, 0.6) is 5.75 Å². The van der Waals surface area contributed by atoms with Gasteiger partial charge in [-0.3, -0.25) is 4.79 Å². The summed E-state index contributed by atoms with van der Waals surface area (Å²) < 4.78 is 5.34. The third-order valence-electron chi connectivity index (χ3n) is 2.18. The molecule has 0 aliphatic rings. The Morgan fingerprint density at radius 2 is 2.06 bits per heavy atom. The molecule has 0 radical (unpaired) electrons. The average molecular weight is 245 g/mol. The van der Waals surface area contributed by atoms with Crippen LogP contribution in [0.1, 0.15) is 19.4 Å². The molecular formula is C15H19NO2. The maximum Gasteiger partial charge on any atom is 0.244 e. The maximum absolute atomic E-state index is 11.4. The summed E-state index contributed by atoms with van der Waals surface area (Å²) in [6.45, 7) is 8.69. The lowest BCUT2D eigenvalue weighted by Crippen LogP contribution is -2.22. The molecule has 0 fully saturated rings. The number of benzene rings is 1. The summed E-state index contributed by atoms with van der Waals surface area (Å²) in [5.74, 6) is 0.716. The second-order valence-corrected chi connectivity index (χ2v) is 4.01. The van der Waals surface area contributed by atoms with Crippen LogP contribution in [0.15, 0.2) is 42.5 Å². The lowest BCUT2D eigenvalue weighted by molar-refractivity contribution is -0.116. The Labute approximate surface area is 108 Å². The van der Waals surface area contributed by atoms with Crippen LogP contribution in [0, 0.1) is 0 Å². The standard InChI is InChI=1S/C15H19NO2/c1-4-18-14-8-5-13(6-9-14)7-10-15(17)16-11-12(2)3/h5-10H,2,4,11H2,1,3H3,(H,16,17)/b10-7+. The van der Waals surface area contributed by atoms with Crippen LogP contribution in [-0.4, -0.2) is 19.1 Å². The molecule has 1 N–H and O–H groups in total. The highest BCUT2D eigenvalue weighted by atomic mass is 16.5. The molecule has 1 amide bonds. The zero-order valence-corrected chi connectivity index (χ0v) is 10.9. The average Bonchev–Trinajstić information content (AvgIpc) is 2.36. The molecule has 1 rings (SSSR count). The van der Waals surface area contributed by atoms with Crippen LogP contribution in [0.2, 0.25) is 0 Å². The Bertz CT molecular complexity index is 432. The van der Waals surface area contributed by atoms with Gasteiger partial charge in [-0.15, -0.1) is 0 Å². The monoisotopic (exact) mass is 245 g/mol. The SMILES string of the molecule is C=C(C)CNC(=O)/C=C/c1ccc(OCC)cc1. The first kappa shape index (κ1) is 14.0. The fourth-order valence-corrected chi connectivity index (χ4v) is 1.31. The quantitative estimate of drug-likeness (QED) is 0.618. The van der Waals surface area contributed by atoms with Gasteiger partial charge in [0.2, 0.25) is 5.91 Å². The zero-order valence-electron chi connectivity index (χ0n) is 10.9. The van der Waals surface area contributed by atoms with Crippen LogP contribution in [0.4, 0.5) is 0 Å². The van der Waals surface area contributed by atoms with Crippen molar-refractivity contribution in [1.82, 2.24) is 5.32 Å². The molecule has 0 unspecified atom stereocenters. The predicted molar refractivity (Wildman–Crippen MR) is 74.5 cm³/mol. The first-order valence-electron chi connectivity index (χ1n) is 5.95. The van der Waals surface area contributed by atoms with Gasteiger partial charge >= 0.3 is 0 Å². The minimum Gasteiger partial charge on any atom is -0.494 e. The molecule has 3 heteroatoms. The van der Waals surface area contributed by atoms with E-state index in [9.17, 15) is 4.79 Å². The first-order valence-corrected chi connectivity index (χ1v) is 5.95. The summed E-state index contributed by atoms with van der Waals surface area (Å²) in [4.78, 5) is 11.4. The Morgan fingerprint density at radius 3 is 2.61 bits per heavy atom. The molecule has 0 saturated carbocycles. The molecule has 0 aliphatic heterocycles. The maximum atomic E-state index is 11.4. The number of nitrogens with one attached hydrogen (secondary N) is 1. The van der Waals surface area contributed by atoms with Crippen molar-refractivity contribution in [3.63, 3.8) is 0 Å². The van der Waals surface area contributed by atoms with Crippen molar-refractivity contribution in [2.75, 3.05) is 13.2 Å². The molecular weight excluding hydrogens is 226 g/mol. The summed E-state index contributed by atoms with van der Waals surface area (Å²) >= 11 is 0. The van der Waals surface area contributed by atoms with E-state index < -0.39 is 0 Å². The summed E-state index contributed by atoms with van der Waals surface area (Å²) in [5, 5.41) is 2.73. The number of carbonyl (C=O) groups excluding carboxylic acids is 1. The topological polar surface area (TPSA) is 38.3 Å². The summed E-state index contributed by atoms with van der Waals surface area (Å²) in [5.41, 5.74) is 1.89. The molecule has 0 saturated heterocycles. The van der Waals surface area contributed by atoms with Crippen LogP contribution in [0.25, 0.3) is 6.08 Å². The number of hydrogen-bond acceptors (Lipinski definition) is 2. The van der Waals surface area contributed by atoms with Crippen molar-refractivity contribution in [1.29, 1.82) is 0 Å². The van der Waals surface area contributed by atoms with E-state index in [4.69, 9.17) is 4.74 Å². The molecule has 0 aromatic heterocycles. The molecule has 18 heavy (non-hydrogen) atoms. The van der Waals surface area contributed by atoms with E-state index in [0.29, 0.717) is 13.2 Å². The minimum absolute atomic E-state index is 0.119. The fourth-order valence-electron chi connectivity index (χ4n) is 1.31. The highest BCUT2D eigenvalue weighted by Crippen LogP contribution is 2.12. The van der Waals surface area contributed by atoms with E-state index in [-0.39, 0.29) is 5.91 Å². The van der Waals surface area contributed by atoms with Crippen molar-refractivity contribution in [3.8, 4) is 5.75 Å².